The third kappa shape index (κ3) is 2.96. The zero-order valence-electron chi connectivity index (χ0n) is 10.5. The van der Waals surface area contributed by atoms with Gasteiger partial charge >= 0.3 is 0 Å². The highest BCUT2D eigenvalue weighted by molar-refractivity contribution is 9.11. The summed E-state index contributed by atoms with van der Waals surface area (Å²) in [6.07, 6.45) is 0. The lowest BCUT2D eigenvalue weighted by molar-refractivity contribution is 0.583. The number of hydrogen-bond donors (Lipinski definition) is 2. The third-order valence-electron chi connectivity index (χ3n) is 3.18. The maximum atomic E-state index is 12.1. The van der Waals surface area contributed by atoms with Gasteiger partial charge in [-0.15, -0.1) is 11.3 Å². The summed E-state index contributed by atoms with van der Waals surface area (Å²) < 4.78 is 28.0. The fourth-order valence-corrected chi connectivity index (χ4v) is 5.22. The second-order valence-corrected chi connectivity index (χ2v) is 9.05. The van der Waals surface area contributed by atoms with Gasteiger partial charge in [-0.25, -0.2) is 13.1 Å². The summed E-state index contributed by atoms with van der Waals surface area (Å²) in [6, 6.07) is 9.42. The van der Waals surface area contributed by atoms with E-state index < -0.39 is 10.0 Å². The van der Waals surface area contributed by atoms with Gasteiger partial charge in [0, 0.05) is 19.6 Å². The number of halogens is 1. The molecule has 2 N–H and O–H groups in total. The Kier molecular flexibility index (Phi) is 3.96. The molecule has 2 aromatic rings. The average molecular weight is 373 g/mol. The lowest BCUT2D eigenvalue weighted by Gasteiger charge is -2.06. The molecule has 0 unspecified atom stereocenters. The molecule has 4 nitrogen and oxygen atoms in total. The second kappa shape index (κ2) is 5.57. The molecule has 0 amide bonds. The van der Waals surface area contributed by atoms with Crippen LogP contribution in [0.4, 0.5) is 0 Å². The first kappa shape index (κ1) is 14.2. The summed E-state index contributed by atoms with van der Waals surface area (Å²) in [5.74, 6) is 0. The molecule has 3 rings (SSSR count). The van der Waals surface area contributed by atoms with E-state index in [2.05, 4.69) is 38.1 Å². The summed E-state index contributed by atoms with van der Waals surface area (Å²) in [6.45, 7) is 2.06. The van der Waals surface area contributed by atoms with Crippen molar-refractivity contribution >= 4 is 37.3 Å². The van der Waals surface area contributed by atoms with Gasteiger partial charge in [-0.2, -0.15) is 0 Å². The Hall–Kier alpha value is -0.730. The molecule has 0 aliphatic carbocycles. The van der Waals surface area contributed by atoms with E-state index in [0.717, 1.165) is 22.4 Å². The summed E-state index contributed by atoms with van der Waals surface area (Å²) >= 11 is 4.48. The minimum Gasteiger partial charge on any atom is -0.309 e. The molecule has 0 atom stereocenters. The molecule has 1 aromatic carbocycles. The number of thiophene rings is 1. The molecule has 0 spiro atoms. The van der Waals surface area contributed by atoms with Gasteiger partial charge in [-0.1, -0.05) is 18.2 Å². The highest BCUT2D eigenvalue weighted by Crippen LogP contribution is 2.26. The van der Waals surface area contributed by atoms with Crippen LogP contribution in [0.1, 0.15) is 16.7 Å². The molecule has 0 bridgehead atoms. The van der Waals surface area contributed by atoms with Crippen molar-refractivity contribution in [1.82, 2.24) is 10.0 Å². The van der Waals surface area contributed by atoms with Crippen LogP contribution in [0.2, 0.25) is 0 Å². The van der Waals surface area contributed by atoms with E-state index in [9.17, 15) is 8.42 Å². The Morgan fingerprint density at radius 1 is 1.20 bits per heavy atom. The van der Waals surface area contributed by atoms with Gasteiger partial charge in [0.25, 0.3) is 0 Å². The SMILES string of the molecule is O=S(=O)(NCc1ccc2c(c1)CNC2)c1ccc(Br)s1. The van der Waals surface area contributed by atoms with Crippen LogP contribution in [-0.2, 0) is 29.7 Å². The van der Waals surface area contributed by atoms with Crippen LogP contribution in [0.15, 0.2) is 38.3 Å². The quantitative estimate of drug-likeness (QED) is 0.866. The van der Waals surface area contributed by atoms with Crippen molar-refractivity contribution in [3.63, 3.8) is 0 Å². The van der Waals surface area contributed by atoms with Crippen molar-refractivity contribution in [3.8, 4) is 0 Å². The minimum atomic E-state index is -3.43. The van der Waals surface area contributed by atoms with Crippen molar-refractivity contribution in [3.05, 3.63) is 50.8 Å². The molecule has 0 fully saturated rings. The van der Waals surface area contributed by atoms with E-state index in [1.807, 2.05) is 6.07 Å². The number of benzene rings is 1. The molecule has 1 aliphatic heterocycles. The van der Waals surface area contributed by atoms with Crippen LogP contribution in [0.25, 0.3) is 0 Å². The van der Waals surface area contributed by atoms with Crippen molar-refractivity contribution in [2.45, 2.75) is 23.8 Å². The van der Waals surface area contributed by atoms with E-state index in [1.165, 1.54) is 22.5 Å². The first-order valence-electron chi connectivity index (χ1n) is 6.11. The number of nitrogens with one attached hydrogen (secondary N) is 2. The Bertz CT molecular complexity index is 741. The maximum Gasteiger partial charge on any atom is 0.250 e. The van der Waals surface area contributed by atoms with Crippen LogP contribution in [0, 0.1) is 0 Å². The molecule has 20 heavy (non-hydrogen) atoms. The van der Waals surface area contributed by atoms with Crippen molar-refractivity contribution in [2.24, 2.45) is 0 Å². The molecular formula is C13H13BrN2O2S2. The molecule has 7 heteroatoms. The molecule has 0 radical (unpaired) electrons. The lowest BCUT2D eigenvalue weighted by Crippen LogP contribution is -2.22. The topological polar surface area (TPSA) is 58.2 Å². The zero-order chi connectivity index (χ0) is 14.2. The Balaban J connectivity index is 1.73. The molecule has 2 heterocycles. The average Bonchev–Trinajstić information content (AvgIpc) is 3.04. The largest absolute Gasteiger partial charge is 0.309 e. The maximum absolute atomic E-state index is 12.1. The summed E-state index contributed by atoms with van der Waals surface area (Å²) in [4.78, 5) is 0. The van der Waals surface area contributed by atoms with Crippen LogP contribution in [0.5, 0.6) is 0 Å². The van der Waals surface area contributed by atoms with Gasteiger partial charge in [0.05, 0.1) is 3.79 Å². The Morgan fingerprint density at radius 2 is 2.00 bits per heavy atom. The fraction of sp³-hybridized carbons (Fsp3) is 0.231. The van der Waals surface area contributed by atoms with Crippen LogP contribution >= 0.6 is 27.3 Å². The standard InChI is InChI=1S/C13H13BrN2O2S2/c14-12-3-4-13(19-12)20(17,18)16-6-9-1-2-10-7-15-8-11(10)5-9/h1-5,15-16H,6-8H2. The number of hydrogen-bond acceptors (Lipinski definition) is 4. The monoisotopic (exact) mass is 372 g/mol. The van der Waals surface area contributed by atoms with E-state index in [0.29, 0.717) is 10.8 Å². The van der Waals surface area contributed by atoms with Gasteiger partial charge in [0.1, 0.15) is 4.21 Å². The van der Waals surface area contributed by atoms with Gasteiger partial charge in [0.15, 0.2) is 0 Å². The number of rotatable bonds is 4. The zero-order valence-corrected chi connectivity index (χ0v) is 13.7. The van der Waals surface area contributed by atoms with Crippen LogP contribution in [0.3, 0.4) is 0 Å². The van der Waals surface area contributed by atoms with Gasteiger partial charge in [-0.3, -0.25) is 0 Å². The van der Waals surface area contributed by atoms with Gasteiger partial charge < -0.3 is 5.32 Å². The third-order valence-corrected chi connectivity index (χ3v) is 6.70. The molecule has 1 aliphatic rings. The van der Waals surface area contributed by atoms with Gasteiger partial charge in [0.2, 0.25) is 10.0 Å². The molecule has 1 aromatic heterocycles. The lowest BCUT2D eigenvalue weighted by atomic mass is 10.1. The highest BCUT2D eigenvalue weighted by atomic mass is 79.9. The Morgan fingerprint density at radius 3 is 2.75 bits per heavy atom. The van der Waals surface area contributed by atoms with Crippen LogP contribution in [-0.4, -0.2) is 8.42 Å². The Labute approximate surface area is 130 Å². The summed E-state index contributed by atoms with van der Waals surface area (Å²) in [7, 11) is -3.43. The molecule has 0 saturated carbocycles. The molecule has 106 valence electrons. The first-order valence-corrected chi connectivity index (χ1v) is 9.20. The van der Waals surface area contributed by atoms with E-state index in [-0.39, 0.29) is 0 Å². The van der Waals surface area contributed by atoms with Crippen molar-refractivity contribution < 1.29 is 8.42 Å². The number of fused-ring (bicyclic) bond motifs is 1. The molecular weight excluding hydrogens is 360 g/mol. The van der Waals surface area contributed by atoms with E-state index in [4.69, 9.17) is 0 Å². The predicted octanol–water partition coefficient (Wildman–Crippen LogP) is 2.59. The normalized spacial score (nSPS) is 14.4. The fourth-order valence-electron chi connectivity index (χ4n) is 2.15. The summed E-state index contributed by atoms with van der Waals surface area (Å²) in [5.41, 5.74) is 3.52. The first-order chi connectivity index (χ1) is 9.54. The van der Waals surface area contributed by atoms with Crippen molar-refractivity contribution in [1.29, 1.82) is 0 Å². The smallest absolute Gasteiger partial charge is 0.250 e. The van der Waals surface area contributed by atoms with E-state index >= 15 is 0 Å². The van der Waals surface area contributed by atoms with Crippen molar-refractivity contribution in [2.75, 3.05) is 0 Å². The minimum absolute atomic E-state index is 0.311. The summed E-state index contributed by atoms with van der Waals surface area (Å²) in [5, 5.41) is 3.27. The van der Waals surface area contributed by atoms with Gasteiger partial charge in [-0.05, 0) is 44.8 Å². The number of sulfonamides is 1. The van der Waals surface area contributed by atoms with E-state index in [1.54, 1.807) is 12.1 Å². The predicted molar refractivity (Wildman–Crippen MR) is 83.0 cm³/mol. The molecule has 0 saturated heterocycles. The highest BCUT2D eigenvalue weighted by Gasteiger charge is 2.17. The second-order valence-electron chi connectivity index (χ2n) is 4.59. The van der Waals surface area contributed by atoms with Crippen LogP contribution < -0.4 is 10.0 Å².